The number of carbonyl (C=O) groups excluding carboxylic acids is 1. The standard InChI is InChI=1S/C18H20N2O3/c1-3-22-14-7-4-12(5-8-14)10-17-18(21)20(2)15-11-13(19)6-9-16(15)23-17/h4-9,11,17H,3,10,19H2,1-2H3. The van der Waals surface area contributed by atoms with E-state index in [0.29, 0.717) is 30.2 Å². The molecule has 0 spiro atoms. The van der Waals surface area contributed by atoms with Gasteiger partial charge >= 0.3 is 0 Å². The molecule has 120 valence electrons. The fraction of sp³-hybridized carbons (Fsp3) is 0.278. The van der Waals surface area contributed by atoms with Crippen LogP contribution in [-0.2, 0) is 11.2 Å². The lowest BCUT2D eigenvalue weighted by Crippen LogP contribution is -2.44. The van der Waals surface area contributed by atoms with Crippen molar-refractivity contribution in [2.75, 3.05) is 24.3 Å². The molecule has 0 aliphatic carbocycles. The second-order valence-corrected chi connectivity index (χ2v) is 5.51. The van der Waals surface area contributed by atoms with Gasteiger partial charge in [0, 0.05) is 19.2 Å². The summed E-state index contributed by atoms with van der Waals surface area (Å²) in [5, 5.41) is 0. The molecule has 1 aliphatic rings. The fourth-order valence-corrected chi connectivity index (χ4v) is 2.67. The van der Waals surface area contributed by atoms with Crippen molar-refractivity contribution in [3.8, 4) is 11.5 Å². The summed E-state index contributed by atoms with van der Waals surface area (Å²) in [5.74, 6) is 1.43. The number of benzene rings is 2. The topological polar surface area (TPSA) is 64.8 Å². The molecule has 2 aromatic carbocycles. The molecular weight excluding hydrogens is 292 g/mol. The van der Waals surface area contributed by atoms with Gasteiger partial charge in [-0.05, 0) is 42.8 Å². The Morgan fingerprint density at radius 3 is 2.65 bits per heavy atom. The SMILES string of the molecule is CCOc1ccc(CC2Oc3ccc(N)cc3N(C)C2=O)cc1. The molecule has 1 atom stereocenters. The van der Waals surface area contributed by atoms with E-state index in [1.165, 1.54) is 0 Å². The quantitative estimate of drug-likeness (QED) is 0.882. The lowest BCUT2D eigenvalue weighted by molar-refractivity contribution is -0.125. The van der Waals surface area contributed by atoms with Crippen LogP contribution >= 0.6 is 0 Å². The van der Waals surface area contributed by atoms with E-state index in [1.54, 1.807) is 30.1 Å². The molecule has 0 saturated carbocycles. The first kappa shape index (κ1) is 15.2. The van der Waals surface area contributed by atoms with Crippen molar-refractivity contribution in [3.05, 3.63) is 48.0 Å². The van der Waals surface area contributed by atoms with Crippen LogP contribution in [0, 0.1) is 0 Å². The summed E-state index contributed by atoms with van der Waals surface area (Å²) in [6.07, 6.45) is -0.0200. The van der Waals surface area contributed by atoms with Crippen molar-refractivity contribution in [1.29, 1.82) is 0 Å². The zero-order valence-electron chi connectivity index (χ0n) is 13.3. The summed E-state index contributed by atoms with van der Waals surface area (Å²) in [5.41, 5.74) is 8.12. The second kappa shape index (κ2) is 6.20. The number of likely N-dealkylation sites (N-methyl/N-ethyl adjacent to an activating group) is 1. The lowest BCUT2D eigenvalue weighted by Gasteiger charge is -2.32. The van der Waals surface area contributed by atoms with Gasteiger partial charge in [-0.2, -0.15) is 0 Å². The first-order valence-corrected chi connectivity index (χ1v) is 7.64. The minimum Gasteiger partial charge on any atom is -0.494 e. The van der Waals surface area contributed by atoms with Gasteiger partial charge in [0.1, 0.15) is 11.5 Å². The predicted octanol–water partition coefficient (Wildman–Crippen LogP) is 2.63. The molecule has 3 rings (SSSR count). The summed E-state index contributed by atoms with van der Waals surface area (Å²) in [6, 6.07) is 13.1. The van der Waals surface area contributed by atoms with E-state index in [1.807, 2.05) is 31.2 Å². The number of nitrogens with two attached hydrogens (primary N) is 1. The van der Waals surface area contributed by atoms with E-state index in [9.17, 15) is 4.79 Å². The summed E-state index contributed by atoms with van der Waals surface area (Å²) in [7, 11) is 1.74. The van der Waals surface area contributed by atoms with Crippen molar-refractivity contribution < 1.29 is 14.3 Å². The Morgan fingerprint density at radius 1 is 1.22 bits per heavy atom. The third kappa shape index (κ3) is 3.08. The van der Waals surface area contributed by atoms with Crippen molar-refractivity contribution in [2.45, 2.75) is 19.4 Å². The van der Waals surface area contributed by atoms with E-state index >= 15 is 0 Å². The normalized spacial score (nSPS) is 16.7. The van der Waals surface area contributed by atoms with Crippen LogP contribution in [0.2, 0.25) is 0 Å². The number of amides is 1. The minimum absolute atomic E-state index is 0.0722. The number of ether oxygens (including phenoxy) is 2. The highest BCUT2D eigenvalue weighted by atomic mass is 16.5. The Bertz CT molecular complexity index is 713. The third-order valence-corrected chi connectivity index (χ3v) is 3.88. The highest BCUT2D eigenvalue weighted by Gasteiger charge is 2.32. The van der Waals surface area contributed by atoms with Gasteiger partial charge in [0.25, 0.3) is 5.91 Å². The maximum Gasteiger partial charge on any atom is 0.268 e. The zero-order valence-corrected chi connectivity index (χ0v) is 13.3. The molecule has 1 amide bonds. The number of nitrogen functional groups attached to an aromatic ring is 1. The molecule has 0 radical (unpaired) electrons. The van der Waals surface area contributed by atoms with E-state index in [-0.39, 0.29) is 5.91 Å². The molecule has 23 heavy (non-hydrogen) atoms. The van der Waals surface area contributed by atoms with Crippen molar-refractivity contribution in [2.24, 2.45) is 0 Å². The van der Waals surface area contributed by atoms with Crippen LogP contribution in [0.25, 0.3) is 0 Å². The Kier molecular flexibility index (Phi) is 4.10. The molecule has 2 aromatic rings. The van der Waals surface area contributed by atoms with Gasteiger partial charge in [-0.3, -0.25) is 4.79 Å². The highest BCUT2D eigenvalue weighted by molar-refractivity contribution is 6.00. The number of fused-ring (bicyclic) bond motifs is 1. The van der Waals surface area contributed by atoms with Crippen molar-refractivity contribution in [3.63, 3.8) is 0 Å². The van der Waals surface area contributed by atoms with Crippen molar-refractivity contribution in [1.82, 2.24) is 0 Å². The van der Waals surface area contributed by atoms with E-state index < -0.39 is 6.10 Å². The molecule has 1 unspecified atom stereocenters. The van der Waals surface area contributed by atoms with Gasteiger partial charge in [0.15, 0.2) is 6.10 Å². The lowest BCUT2D eigenvalue weighted by atomic mass is 10.0. The maximum atomic E-state index is 12.5. The van der Waals surface area contributed by atoms with Crippen LogP contribution in [0.4, 0.5) is 11.4 Å². The average Bonchev–Trinajstić information content (AvgIpc) is 2.55. The van der Waals surface area contributed by atoms with Gasteiger partial charge in [0.05, 0.1) is 12.3 Å². The molecule has 1 heterocycles. The second-order valence-electron chi connectivity index (χ2n) is 5.51. The molecule has 5 heteroatoms. The molecule has 1 aliphatic heterocycles. The van der Waals surface area contributed by atoms with Gasteiger partial charge in [-0.15, -0.1) is 0 Å². The highest BCUT2D eigenvalue weighted by Crippen LogP contribution is 2.35. The molecular formula is C18H20N2O3. The number of carbonyl (C=O) groups is 1. The average molecular weight is 312 g/mol. The molecule has 0 fully saturated rings. The van der Waals surface area contributed by atoms with Crippen LogP contribution in [0.3, 0.4) is 0 Å². The molecule has 2 N–H and O–H groups in total. The molecule has 0 aromatic heterocycles. The Labute approximate surface area is 135 Å². The van der Waals surface area contributed by atoms with Gasteiger partial charge in [-0.25, -0.2) is 0 Å². The van der Waals surface area contributed by atoms with E-state index in [0.717, 1.165) is 11.3 Å². The van der Waals surface area contributed by atoms with Gasteiger partial charge < -0.3 is 20.1 Å². The molecule has 5 nitrogen and oxygen atoms in total. The summed E-state index contributed by atoms with van der Waals surface area (Å²) < 4.78 is 11.3. The Balaban J connectivity index is 1.78. The first-order chi connectivity index (χ1) is 11.1. The number of hydrogen-bond donors (Lipinski definition) is 1. The van der Waals surface area contributed by atoms with E-state index in [2.05, 4.69) is 0 Å². The minimum atomic E-state index is -0.533. The Morgan fingerprint density at radius 2 is 1.96 bits per heavy atom. The zero-order chi connectivity index (χ0) is 16.4. The smallest absolute Gasteiger partial charge is 0.268 e. The van der Waals surface area contributed by atoms with Gasteiger partial charge in [0.2, 0.25) is 0 Å². The summed E-state index contributed by atoms with van der Waals surface area (Å²) in [4.78, 5) is 14.1. The van der Waals surface area contributed by atoms with Crippen LogP contribution in [-0.4, -0.2) is 25.7 Å². The number of anilines is 2. The summed E-state index contributed by atoms with van der Waals surface area (Å²) >= 11 is 0. The maximum absolute atomic E-state index is 12.5. The molecule has 0 saturated heterocycles. The predicted molar refractivity (Wildman–Crippen MR) is 90.0 cm³/mol. The van der Waals surface area contributed by atoms with Crippen LogP contribution in [0.1, 0.15) is 12.5 Å². The molecule has 0 bridgehead atoms. The largest absolute Gasteiger partial charge is 0.494 e. The van der Waals surface area contributed by atoms with Gasteiger partial charge in [-0.1, -0.05) is 12.1 Å². The number of hydrogen-bond acceptors (Lipinski definition) is 4. The van der Waals surface area contributed by atoms with E-state index in [4.69, 9.17) is 15.2 Å². The van der Waals surface area contributed by atoms with Crippen LogP contribution in [0.5, 0.6) is 11.5 Å². The first-order valence-electron chi connectivity index (χ1n) is 7.64. The monoisotopic (exact) mass is 312 g/mol. The number of nitrogens with zero attached hydrogens (tertiary/aromatic N) is 1. The fourth-order valence-electron chi connectivity index (χ4n) is 2.67. The van der Waals surface area contributed by atoms with Crippen LogP contribution < -0.4 is 20.1 Å². The number of rotatable bonds is 4. The summed E-state index contributed by atoms with van der Waals surface area (Å²) in [6.45, 7) is 2.58. The third-order valence-electron chi connectivity index (χ3n) is 3.88. The van der Waals surface area contributed by atoms with Crippen LogP contribution in [0.15, 0.2) is 42.5 Å². The Hall–Kier alpha value is -2.69. The van der Waals surface area contributed by atoms with Crippen molar-refractivity contribution >= 4 is 17.3 Å².